The Morgan fingerprint density at radius 2 is 1.96 bits per heavy atom. The van der Waals surface area contributed by atoms with Crippen LogP contribution >= 0.6 is 11.6 Å². The Morgan fingerprint density at radius 3 is 2.57 bits per heavy atom. The third-order valence-corrected chi connectivity index (χ3v) is 4.64. The number of hydrogen-bond donors (Lipinski definition) is 1. The molecule has 0 aliphatic carbocycles. The second-order valence-corrected chi connectivity index (χ2v) is 6.02. The number of aromatic nitrogens is 2. The average molecular weight is 330 g/mol. The number of aromatic amines is 1. The van der Waals surface area contributed by atoms with Crippen molar-refractivity contribution in [2.75, 3.05) is 32.7 Å². The Kier molecular flexibility index (Phi) is 4.97. The maximum atomic E-state index is 9.65. The van der Waals surface area contributed by atoms with Gasteiger partial charge in [0, 0.05) is 31.7 Å². The van der Waals surface area contributed by atoms with Gasteiger partial charge in [0.05, 0.1) is 11.8 Å². The highest BCUT2D eigenvalue weighted by Gasteiger charge is 2.28. The molecule has 1 fully saturated rings. The van der Waals surface area contributed by atoms with Gasteiger partial charge in [0.25, 0.3) is 0 Å². The molecule has 23 heavy (non-hydrogen) atoms. The van der Waals surface area contributed by atoms with Crippen LogP contribution in [-0.4, -0.2) is 52.5 Å². The molecule has 1 aromatic carbocycles. The average Bonchev–Trinajstić information content (AvgIpc) is 2.99. The van der Waals surface area contributed by atoms with E-state index in [2.05, 4.69) is 32.8 Å². The number of halogens is 1. The van der Waals surface area contributed by atoms with E-state index < -0.39 is 0 Å². The summed E-state index contributed by atoms with van der Waals surface area (Å²) >= 11 is 6.31. The van der Waals surface area contributed by atoms with E-state index in [1.165, 1.54) is 0 Å². The Labute approximate surface area is 141 Å². The summed E-state index contributed by atoms with van der Waals surface area (Å²) in [5.41, 5.74) is 1.66. The highest BCUT2D eigenvalue weighted by molar-refractivity contribution is 6.30. The first-order chi connectivity index (χ1) is 11.2. The predicted molar refractivity (Wildman–Crippen MR) is 91.1 cm³/mol. The lowest BCUT2D eigenvalue weighted by atomic mass is 10.1. The van der Waals surface area contributed by atoms with E-state index in [0.717, 1.165) is 38.3 Å². The zero-order valence-corrected chi connectivity index (χ0v) is 13.9. The van der Waals surface area contributed by atoms with Gasteiger partial charge in [-0.3, -0.25) is 4.90 Å². The Hall–Kier alpha value is -1.87. The first kappa shape index (κ1) is 16.0. The second kappa shape index (κ2) is 7.14. The van der Waals surface area contributed by atoms with Crippen molar-refractivity contribution in [2.24, 2.45) is 0 Å². The predicted octanol–water partition coefficient (Wildman–Crippen LogP) is 2.93. The molecule has 0 amide bonds. The van der Waals surface area contributed by atoms with Crippen LogP contribution in [0.2, 0.25) is 5.15 Å². The van der Waals surface area contributed by atoms with Crippen LogP contribution in [0.15, 0.2) is 30.3 Å². The van der Waals surface area contributed by atoms with Crippen LogP contribution in [0.3, 0.4) is 0 Å². The third kappa shape index (κ3) is 3.40. The molecule has 2 heterocycles. The normalized spacial score (nSPS) is 17.8. The van der Waals surface area contributed by atoms with Gasteiger partial charge in [-0.1, -0.05) is 48.9 Å². The van der Waals surface area contributed by atoms with Gasteiger partial charge >= 0.3 is 0 Å². The maximum Gasteiger partial charge on any atom is 0.153 e. The molecule has 1 aromatic heterocycles. The van der Waals surface area contributed by atoms with Gasteiger partial charge in [-0.25, -0.2) is 4.98 Å². The van der Waals surface area contributed by atoms with Gasteiger partial charge in [-0.2, -0.15) is 5.26 Å². The summed E-state index contributed by atoms with van der Waals surface area (Å²) in [7, 11) is 0. The monoisotopic (exact) mass is 329 g/mol. The number of nitrogens with zero attached hydrogens (tertiary/aromatic N) is 4. The molecule has 2 aromatic rings. The van der Waals surface area contributed by atoms with Crippen LogP contribution in [0.1, 0.15) is 18.7 Å². The summed E-state index contributed by atoms with van der Waals surface area (Å²) in [5.74, 6) is 0.707. The SMILES string of the molecule is CCN1CCN(C(C#N)c2[nH]c(-c3ccccc3)nc2Cl)CC1. The van der Waals surface area contributed by atoms with Crippen LogP contribution in [0.25, 0.3) is 11.4 Å². The number of nitriles is 1. The lowest BCUT2D eigenvalue weighted by molar-refractivity contribution is 0.117. The van der Waals surface area contributed by atoms with E-state index in [1.807, 2.05) is 30.3 Å². The number of rotatable bonds is 4. The van der Waals surface area contributed by atoms with Gasteiger partial charge in [-0.05, 0) is 6.54 Å². The van der Waals surface area contributed by atoms with Crippen molar-refractivity contribution in [1.29, 1.82) is 5.26 Å². The van der Waals surface area contributed by atoms with Crippen molar-refractivity contribution in [3.8, 4) is 17.5 Å². The van der Waals surface area contributed by atoms with E-state index >= 15 is 0 Å². The summed E-state index contributed by atoms with van der Waals surface area (Å²) < 4.78 is 0. The summed E-state index contributed by atoms with van der Waals surface area (Å²) in [6.45, 7) is 6.89. The molecule has 0 bridgehead atoms. The smallest absolute Gasteiger partial charge is 0.153 e. The quantitative estimate of drug-likeness (QED) is 0.937. The minimum absolute atomic E-state index is 0.383. The zero-order valence-electron chi connectivity index (χ0n) is 13.2. The van der Waals surface area contributed by atoms with Crippen molar-refractivity contribution < 1.29 is 0 Å². The van der Waals surface area contributed by atoms with Crippen molar-refractivity contribution in [1.82, 2.24) is 19.8 Å². The summed E-state index contributed by atoms with van der Waals surface area (Å²) in [6, 6.07) is 11.8. The molecule has 1 N–H and O–H groups in total. The molecule has 0 radical (unpaired) electrons. The fraction of sp³-hybridized carbons (Fsp3) is 0.412. The van der Waals surface area contributed by atoms with Gasteiger partial charge < -0.3 is 9.88 Å². The van der Waals surface area contributed by atoms with E-state index in [4.69, 9.17) is 11.6 Å². The van der Waals surface area contributed by atoms with Crippen LogP contribution < -0.4 is 0 Å². The number of piperazine rings is 1. The molecule has 3 rings (SSSR count). The van der Waals surface area contributed by atoms with Crippen LogP contribution in [0.4, 0.5) is 0 Å². The Bertz CT molecular complexity index is 683. The van der Waals surface area contributed by atoms with Crippen LogP contribution in [0.5, 0.6) is 0 Å². The molecule has 0 saturated carbocycles. The van der Waals surface area contributed by atoms with Crippen molar-refractivity contribution in [3.05, 3.63) is 41.2 Å². The van der Waals surface area contributed by atoms with Gasteiger partial charge in [-0.15, -0.1) is 0 Å². The molecule has 1 unspecified atom stereocenters. The molecule has 1 aliphatic heterocycles. The van der Waals surface area contributed by atoms with Crippen molar-refractivity contribution >= 4 is 11.6 Å². The third-order valence-electron chi connectivity index (χ3n) is 4.35. The summed E-state index contributed by atoms with van der Waals surface area (Å²) in [6.07, 6.45) is 0. The molecule has 120 valence electrons. The lowest BCUT2D eigenvalue weighted by Gasteiger charge is -2.36. The molecular formula is C17H20ClN5. The minimum atomic E-state index is -0.383. The highest BCUT2D eigenvalue weighted by Crippen LogP contribution is 2.29. The van der Waals surface area contributed by atoms with Gasteiger partial charge in [0.15, 0.2) is 5.15 Å². The van der Waals surface area contributed by atoms with Gasteiger partial charge in [0.1, 0.15) is 11.9 Å². The number of hydrogen-bond acceptors (Lipinski definition) is 4. The molecule has 6 heteroatoms. The number of H-pyrrole nitrogens is 1. The van der Waals surface area contributed by atoms with E-state index in [1.54, 1.807) is 0 Å². The standard InChI is InChI=1S/C17H20ClN5/c1-2-22-8-10-23(11-9-22)14(12-19)15-16(18)21-17(20-15)13-6-4-3-5-7-13/h3-7,14H,2,8-11H2,1H3,(H,20,21). The topological polar surface area (TPSA) is 59.0 Å². The molecule has 1 atom stereocenters. The Morgan fingerprint density at radius 1 is 1.26 bits per heavy atom. The molecule has 5 nitrogen and oxygen atoms in total. The number of imidazole rings is 1. The number of nitrogens with one attached hydrogen (secondary N) is 1. The molecular weight excluding hydrogens is 310 g/mol. The molecule has 1 aliphatic rings. The van der Waals surface area contributed by atoms with E-state index in [9.17, 15) is 5.26 Å². The lowest BCUT2D eigenvalue weighted by Crippen LogP contribution is -2.47. The first-order valence-corrected chi connectivity index (χ1v) is 8.27. The summed E-state index contributed by atoms with van der Waals surface area (Å²) in [5, 5.41) is 10.0. The second-order valence-electron chi connectivity index (χ2n) is 5.66. The molecule has 0 spiro atoms. The molecule has 1 saturated heterocycles. The largest absolute Gasteiger partial charge is 0.338 e. The van der Waals surface area contributed by atoms with Crippen LogP contribution in [-0.2, 0) is 0 Å². The number of benzene rings is 1. The Balaban J connectivity index is 1.82. The maximum absolute atomic E-state index is 9.65. The van der Waals surface area contributed by atoms with E-state index in [0.29, 0.717) is 16.7 Å². The highest BCUT2D eigenvalue weighted by atomic mass is 35.5. The van der Waals surface area contributed by atoms with E-state index in [-0.39, 0.29) is 6.04 Å². The van der Waals surface area contributed by atoms with Crippen molar-refractivity contribution in [3.63, 3.8) is 0 Å². The minimum Gasteiger partial charge on any atom is -0.338 e. The zero-order chi connectivity index (χ0) is 16.2. The van der Waals surface area contributed by atoms with Crippen LogP contribution in [0, 0.1) is 11.3 Å². The first-order valence-electron chi connectivity index (χ1n) is 7.89. The summed E-state index contributed by atoms with van der Waals surface area (Å²) in [4.78, 5) is 12.2. The fourth-order valence-corrected chi connectivity index (χ4v) is 3.18. The number of likely N-dealkylation sites (N-methyl/N-ethyl adjacent to an activating group) is 1. The van der Waals surface area contributed by atoms with Crippen molar-refractivity contribution in [2.45, 2.75) is 13.0 Å². The van der Waals surface area contributed by atoms with Gasteiger partial charge in [0.2, 0.25) is 0 Å². The fourth-order valence-electron chi connectivity index (χ4n) is 2.95.